The smallest absolute Gasteiger partial charge is 0.330 e. The minimum atomic E-state index is -4.34. The Morgan fingerprint density at radius 1 is 1.02 bits per heavy atom. The van der Waals surface area contributed by atoms with Crippen LogP contribution in [0.2, 0.25) is 0 Å². The molecule has 17 heteroatoms. The number of halogens is 1. The van der Waals surface area contributed by atoms with Crippen LogP contribution in [0.1, 0.15) is 50.1 Å². The molecule has 1 aliphatic carbocycles. The van der Waals surface area contributed by atoms with Crippen molar-refractivity contribution in [3.63, 3.8) is 0 Å². The first kappa shape index (κ1) is 35.2. The van der Waals surface area contributed by atoms with Crippen LogP contribution in [0.3, 0.4) is 0 Å². The number of hydrogen-bond acceptors (Lipinski definition) is 9. The molecule has 3 fully saturated rings. The molecular weight excluding hydrogens is 722 g/mol. The zero-order chi connectivity index (χ0) is 38.1. The van der Waals surface area contributed by atoms with Crippen molar-refractivity contribution in [2.45, 2.75) is 44.6 Å². The number of imide groups is 1. The summed E-state index contributed by atoms with van der Waals surface area (Å²) >= 11 is 0. The first-order chi connectivity index (χ1) is 25.8. The van der Waals surface area contributed by atoms with E-state index in [-0.39, 0.29) is 41.6 Å². The summed E-state index contributed by atoms with van der Waals surface area (Å²) in [5.74, 6) is -3.02. The Hall–Kier alpha value is -5.89. The van der Waals surface area contributed by atoms with Gasteiger partial charge in [0.15, 0.2) is 5.82 Å². The number of fused-ring (bicyclic) bond motifs is 2. The van der Waals surface area contributed by atoms with E-state index in [9.17, 15) is 37.5 Å². The average molecular weight is 758 g/mol. The van der Waals surface area contributed by atoms with Crippen LogP contribution in [0.15, 0.2) is 46.6 Å². The highest BCUT2D eigenvalue weighted by molar-refractivity contribution is 7.92. The van der Waals surface area contributed by atoms with Crippen molar-refractivity contribution in [1.82, 2.24) is 29.0 Å². The molecule has 3 N–H and O–H groups in total. The lowest BCUT2D eigenvalue weighted by Crippen LogP contribution is -2.47. The zero-order valence-electron chi connectivity index (χ0n) is 29.2. The zero-order valence-corrected chi connectivity index (χ0v) is 30.0. The standard InChI is InChI=1S/C37H36FN7O8S/c1-41-29-19-25(4-5-27(29)45(37(41)51)28-6-7-31(47)39-36(28)50)42-12-8-21(9-13-42)16-33(49)43-14-10-22(11-15-43)23-2-3-24-18-30(46)35(34(38)26(24)17-23)44-20-32(48)40-54(44,52)53/h2-3,10,17-19,21,28,46H,6-9,11-16,20H2,1H3,(H,40,48)(H,39,47,50). The van der Waals surface area contributed by atoms with Gasteiger partial charge in [-0.1, -0.05) is 18.2 Å². The monoisotopic (exact) mass is 757 g/mol. The number of benzene rings is 2. The highest BCUT2D eigenvalue weighted by Crippen LogP contribution is 2.39. The third-order valence-electron chi connectivity index (χ3n) is 10.9. The van der Waals surface area contributed by atoms with Crippen molar-refractivity contribution in [3.8, 4) is 5.75 Å². The second-order valence-electron chi connectivity index (χ2n) is 14.2. The van der Waals surface area contributed by atoms with Gasteiger partial charge in [0.2, 0.25) is 17.7 Å². The molecule has 5 heterocycles. The molecule has 1 aromatic heterocycles. The molecule has 1 atom stereocenters. The number of rotatable bonds is 6. The van der Waals surface area contributed by atoms with E-state index in [1.807, 2.05) is 12.2 Å². The van der Waals surface area contributed by atoms with Gasteiger partial charge in [-0.3, -0.25) is 33.6 Å². The number of imidazole rings is 1. The Labute approximate surface area is 307 Å². The van der Waals surface area contributed by atoms with Gasteiger partial charge >= 0.3 is 15.9 Å². The number of phenols is 1. The maximum Gasteiger partial charge on any atom is 0.330 e. The molecule has 15 nitrogen and oxygen atoms in total. The third kappa shape index (κ3) is 6.09. The van der Waals surface area contributed by atoms with Crippen LogP contribution in [-0.4, -0.2) is 88.8 Å². The molecule has 3 saturated heterocycles. The summed E-state index contributed by atoms with van der Waals surface area (Å²) in [6.07, 6.45) is 6.68. The SMILES string of the molecule is Cn1c2c(n(C3CCC(=O)NC3=O)c1=O)=C=C=C(N1CCC(CC(=O)N3CC=C(c4ccc5cc(O)c(N6CC(=O)NS6(=O)=O)c(F)c5c4)CC3)CC1)C=2. The fourth-order valence-electron chi connectivity index (χ4n) is 7.93. The van der Waals surface area contributed by atoms with E-state index in [2.05, 4.69) is 21.7 Å². The van der Waals surface area contributed by atoms with Crippen LogP contribution in [-0.2, 0) is 36.4 Å². The molecule has 8 rings (SSSR count). The summed E-state index contributed by atoms with van der Waals surface area (Å²) in [7, 11) is -2.70. The largest absolute Gasteiger partial charge is 0.506 e. The quantitative estimate of drug-likeness (QED) is 0.230. The number of aromatic nitrogens is 2. The summed E-state index contributed by atoms with van der Waals surface area (Å²) in [4.78, 5) is 66.4. The van der Waals surface area contributed by atoms with Gasteiger partial charge in [-0.05, 0) is 77.8 Å². The van der Waals surface area contributed by atoms with Gasteiger partial charge in [0.05, 0.1) is 11.0 Å². The molecular formula is C37H36FN7O8S. The second kappa shape index (κ2) is 13.2. The maximum absolute atomic E-state index is 15.8. The molecule has 3 aromatic rings. The van der Waals surface area contributed by atoms with Crippen molar-refractivity contribution >= 4 is 67.7 Å². The number of phenolic OH excluding ortho intramolecular Hbond substituents is 1. The van der Waals surface area contributed by atoms with Gasteiger partial charge < -0.3 is 14.9 Å². The minimum absolute atomic E-state index is 0.0505. The summed E-state index contributed by atoms with van der Waals surface area (Å²) in [5.41, 5.74) is 7.67. The van der Waals surface area contributed by atoms with E-state index in [4.69, 9.17) is 0 Å². The number of amides is 4. The van der Waals surface area contributed by atoms with Crippen LogP contribution in [0.25, 0.3) is 28.2 Å². The number of carbonyl (C=O) groups excluding carboxylic acids is 4. The van der Waals surface area contributed by atoms with Crippen molar-refractivity contribution in [2.24, 2.45) is 13.0 Å². The van der Waals surface area contributed by atoms with Crippen molar-refractivity contribution in [2.75, 3.05) is 37.0 Å². The summed E-state index contributed by atoms with van der Waals surface area (Å²) in [5, 5.41) is 14.3. The number of likely N-dealkylation sites (tertiary alicyclic amines) is 1. The normalized spacial score (nSPS) is 21.3. The molecule has 54 heavy (non-hydrogen) atoms. The Morgan fingerprint density at radius 3 is 2.48 bits per heavy atom. The fourth-order valence-corrected chi connectivity index (χ4v) is 9.10. The second-order valence-corrected chi connectivity index (χ2v) is 15.8. The molecule has 0 radical (unpaired) electrons. The molecule has 4 amide bonds. The van der Waals surface area contributed by atoms with Crippen LogP contribution in [0.5, 0.6) is 5.75 Å². The molecule has 280 valence electrons. The van der Waals surface area contributed by atoms with Gasteiger partial charge in [-0.25, -0.2) is 18.2 Å². The van der Waals surface area contributed by atoms with E-state index in [1.165, 1.54) is 15.2 Å². The summed E-state index contributed by atoms with van der Waals surface area (Å²) < 4.78 is 45.7. The van der Waals surface area contributed by atoms with Crippen LogP contribution in [0, 0.1) is 11.7 Å². The number of allylic oxidation sites excluding steroid dienone is 1. The Morgan fingerprint density at radius 2 is 1.80 bits per heavy atom. The topological polar surface area (TPSA) is 183 Å². The fraction of sp³-hybridized carbons (Fsp3) is 0.378. The van der Waals surface area contributed by atoms with Crippen LogP contribution < -0.4 is 30.7 Å². The van der Waals surface area contributed by atoms with Gasteiger partial charge in [0, 0.05) is 51.5 Å². The predicted octanol–water partition coefficient (Wildman–Crippen LogP) is -0.0261. The first-order valence-corrected chi connectivity index (χ1v) is 19.1. The number of piperidine rings is 2. The van der Waals surface area contributed by atoms with E-state index in [0.29, 0.717) is 65.0 Å². The predicted molar refractivity (Wildman–Crippen MR) is 193 cm³/mol. The van der Waals surface area contributed by atoms with Gasteiger partial charge in [-0.2, -0.15) is 8.42 Å². The number of nitrogens with one attached hydrogen (secondary N) is 2. The lowest BCUT2D eigenvalue weighted by atomic mass is 9.92. The summed E-state index contributed by atoms with van der Waals surface area (Å²) in [6, 6.07) is 5.48. The van der Waals surface area contributed by atoms with Crippen molar-refractivity contribution < 1.29 is 37.1 Å². The van der Waals surface area contributed by atoms with Crippen LogP contribution >= 0.6 is 0 Å². The van der Waals surface area contributed by atoms with Gasteiger partial charge in [-0.15, -0.1) is 0 Å². The number of nitrogens with zero attached hydrogens (tertiary/aromatic N) is 5. The Balaban J connectivity index is 0.910. The van der Waals surface area contributed by atoms with E-state index < -0.39 is 51.9 Å². The first-order valence-electron chi connectivity index (χ1n) is 17.7. The van der Waals surface area contributed by atoms with Crippen molar-refractivity contribution in [3.05, 3.63) is 74.3 Å². The average Bonchev–Trinajstić information content (AvgIpc) is 3.56. The number of carbonyl (C=O) groups is 4. The van der Waals surface area contributed by atoms with E-state index >= 15 is 4.39 Å². The summed E-state index contributed by atoms with van der Waals surface area (Å²) in [6.45, 7) is 1.60. The number of anilines is 1. The molecule has 0 spiro atoms. The lowest BCUT2D eigenvalue weighted by Gasteiger charge is -2.34. The molecule has 2 aromatic carbocycles. The number of aromatic hydroxyl groups is 1. The third-order valence-corrected chi connectivity index (χ3v) is 12.3. The Kier molecular flexibility index (Phi) is 8.59. The molecule has 5 aliphatic rings. The van der Waals surface area contributed by atoms with Gasteiger partial charge in [0.1, 0.15) is 29.4 Å². The van der Waals surface area contributed by atoms with E-state index in [0.717, 1.165) is 24.1 Å². The number of hydrogen-bond donors (Lipinski definition) is 3. The van der Waals surface area contributed by atoms with Crippen LogP contribution in [0.4, 0.5) is 10.1 Å². The van der Waals surface area contributed by atoms with E-state index in [1.54, 1.807) is 34.9 Å². The highest BCUT2D eigenvalue weighted by Gasteiger charge is 2.38. The highest BCUT2D eigenvalue weighted by atomic mass is 32.2. The maximum atomic E-state index is 15.8. The molecule has 4 aliphatic heterocycles. The van der Waals surface area contributed by atoms with Gasteiger partial charge in [0.25, 0.3) is 5.91 Å². The minimum Gasteiger partial charge on any atom is -0.506 e. The lowest BCUT2D eigenvalue weighted by molar-refractivity contribution is -0.136. The molecule has 0 bridgehead atoms. The Bertz CT molecular complexity index is 2610. The molecule has 1 unspecified atom stereocenters. The van der Waals surface area contributed by atoms with Crippen molar-refractivity contribution in [1.29, 1.82) is 0 Å². The molecule has 0 saturated carbocycles.